The van der Waals surface area contributed by atoms with Crippen molar-refractivity contribution in [1.29, 1.82) is 0 Å². The van der Waals surface area contributed by atoms with Crippen molar-refractivity contribution in [2.75, 3.05) is 44.1 Å². The molecule has 1 aliphatic rings. The fraction of sp³-hybridized carbons (Fsp3) is 0.367. The van der Waals surface area contributed by atoms with Crippen molar-refractivity contribution in [3.63, 3.8) is 0 Å². The Kier molecular flexibility index (Phi) is 9.25. The predicted octanol–water partition coefficient (Wildman–Crippen LogP) is 4.89. The zero-order valence-corrected chi connectivity index (χ0v) is 24.4. The van der Waals surface area contributed by atoms with Gasteiger partial charge in [0, 0.05) is 43.1 Å². The molecule has 0 unspecified atom stereocenters. The van der Waals surface area contributed by atoms with Crippen molar-refractivity contribution in [2.45, 2.75) is 32.9 Å². The van der Waals surface area contributed by atoms with E-state index in [1.807, 2.05) is 61.7 Å². The number of carbonyl (C=O) groups is 1. The number of piperidine rings is 1. The topological polar surface area (TPSA) is 103 Å². The highest BCUT2D eigenvalue weighted by molar-refractivity contribution is 7.17. The fourth-order valence-corrected chi connectivity index (χ4v) is 5.78. The van der Waals surface area contributed by atoms with Crippen LogP contribution in [0, 0.1) is 5.92 Å². The van der Waals surface area contributed by atoms with Crippen molar-refractivity contribution in [3.8, 4) is 22.4 Å². The lowest BCUT2D eigenvalue weighted by Gasteiger charge is -2.30. The van der Waals surface area contributed by atoms with Gasteiger partial charge < -0.3 is 29.7 Å². The molecule has 10 nitrogen and oxygen atoms in total. The van der Waals surface area contributed by atoms with Crippen LogP contribution < -0.4 is 29.7 Å². The van der Waals surface area contributed by atoms with E-state index in [0.29, 0.717) is 31.2 Å². The van der Waals surface area contributed by atoms with Crippen molar-refractivity contribution in [1.82, 2.24) is 20.1 Å². The van der Waals surface area contributed by atoms with E-state index >= 15 is 0 Å². The minimum Gasteiger partial charge on any atom is -0.494 e. The number of rotatable bonds is 12. The van der Waals surface area contributed by atoms with Crippen LogP contribution in [-0.4, -0.2) is 54.6 Å². The Morgan fingerprint density at radius 1 is 0.976 bits per heavy atom. The molecule has 41 heavy (non-hydrogen) atoms. The number of hydrogen-bond acceptors (Lipinski definition) is 9. The van der Waals surface area contributed by atoms with Crippen LogP contribution in [0.15, 0.2) is 60.8 Å². The highest BCUT2D eigenvalue weighted by atomic mass is 32.1. The zero-order valence-electron chi connectivity index (χ0n) is 23.6. The summed E-state index contributed by atoms with van der Waals surface area (Å²) < 4.78 is 18.2. The quantitative estimate of drug-likeness (QED) is 0.246. The van der Waals surface area contributed by atoms with E-state index in [2.05, 4.69) is 36.4 Å². The van der Waals surface area contributed by atoms with Crippen LogP contribution >= 0.6 is 11.3 Å². The number of anilines is 2. The van der Waals surface area contributed by atoms with Gasteiger partial charge in [0.1, 0.15) is 5.75 Å². The van der Waals surface area contributed by atoms with E-state index in [-0.39, 0.29) is 11.8 Å². The molecular formula is C30H36N6O4S. The van der Waals surface area contributed by atoms with Gasteiger partial charge in [-0.15, -0.1) is 10.2 Å². The molecule has 2 N–H and O–H groups in total. The first-order valence-corrected chi connectivity index (χ1v) is 14.6. The zero-order chi connectivity index (χ0) is 28.6. The third-order valence-corrected chi connectivity index (χ3v) is 8.12. The minimum atomic E-state index is -0.0245. The van der Waals surface area contributed by atoms with E-state index in [4.69, 9.17) is 14.2 Å². The van der Waals surface area contributed by atoms with Crippen molar-refractivity contribution in [2.24, 2.45) is 5.92 Å². The molecule has 0 atom stereocenters. The van der Waals surface area contributed by atoms with Gasteiger partial charge >= 0.3 is 0 Å². The van der Waals surface area contributed by atoms with Crippen LogP contribution in [0.1, 0.15) is 31.0 Å². The molecule has 216 valence electrons. The van der Waals surface area contributed by atoms with E-state index in [1.165, 1.54) is 0 Å². The van der Waals surface area contributed by atoms with Gasteiger partial charge in [-0.25, -0.2) is 0 Å². The summed E-state index contributed by atoms with van der Waals surface area (Å²) in [5.41, 5.74) is 3.08. The first kappa shape index (κ1) is 28.3. The lowest BCUT2D eigenvalue weighted by Crippen LogP contribution is -2.40. The Labute approximate surface area is 244 Å². The minimum absolute atomic E-state index is 0.0245. The third-order valence-electron chi connectivity index (χ3n) is 7.13. The molecule has 1 aliphatic heterocycles. The predicted molar refractivity (Wildman–Crippen MR) is 161 cm³/mol. The number of aromatic nitrogens is 3. The van der Waals surface area contributed by atoms with E-state index in [1.54, 1.807) is 25.6 Å². The molecule has 11 heteroatoms. The summed E-state index contributed by atoms with van der Waals surface area (Å²) in [5.74, 6) is 2.24. The first-order chi connectivity index (χ1) is 20.1. The molecule has 0 radical (unpaired) electrons. The van der Waals surface area contributed by atoms with Crippen LogP contribution in [0.2, 0.25) is 0 Å². The SMILES string of the molecule is CCOc1ccc(NCc2cccn2-c2nnc(N3CCC(C(=O)NCc4ccc(OC)c(OC)c4)CC3)s2)cc1. The number of nitrogens with one attached hydrogen (secondary N) is 2. The largest absolute Gasteiger partial charge is 0.494 e. The fourth-order valence-electron chi connectivity index (χ4n) is 4.87. The van der Waals surface area contributed by atoms with Crippen LogP contribution in [0.3, 0.4) is 0 Å². The maximum Gasteiger partial charge on any atom is 0.223 e. The van der Waals surface area contributed by atoms with Gasteiger partial charge in [0.25, 0.3) is 0 Å². The van der Waals surface area contributed by atoms with Crippen LogP contribution in [0.25, 0.3) is 5.13 Å². The van der Waals surface area contributed by atoms with Gasteiger partial charge in [0.05, 0.1) is 27.4 Å². The molecule has 2 aromatic carbocycles. The number of carbonyl (C=O) groups excluding carboxylic acids is 1. The van der Waals surface area contributed by atoms with E-state index in [0.717, 1.165) is 58.9 Å². The summed E-state index contributed by atoms with van der Waals surface area (Å²) in [4.78, 5) is 15.1. The molecular weight excluding hydrogens is 540 g/mol. The van der Waals surface area contributed by atoms with Gasteiger partial charge in [0.15, 0.2) is 11.5 Å². The number of benzene rings is 2. The Morgan fingerprint density at radius 2 is 1.73 bits per heavy atom. The number of methoxy groups -OCH3 is 2. The van der Waals surface area contributed by atoms with Crippen molar-refractivity contribution < 1.29 is 19.0 Å². The second-order valence-corrected chi connectivity index (χ2v) is 10.7. The lowest BCUT2D eigenvalue weighted by molar-refractivity contribution is -0.125. The normalized spacial score (nSPS) is 13.6. The second kappa shape index (κ2) is 13.4. The average Bonchev–Trinajstić information content (AvgIpc) is 3.69. The van der Waals surface area contributed by atoms with Gasteiger partial charge in [-0.3, -0.25) is 9.36 Å². The summed E-state index contributed by atoms with van der Waals surface area (Å²) >= 11 is 1.56. The maximum atomic E-state index is 12.9. The summed E-state index contributed by atoms with van der Waals surface area (Å²) in [6, 6.07) is 17.7. The maximum absolute atomic E-state index is 12.9. The van der Waals surface area contributed by atoms with Gasteiger partial charge in [-0.1, -0.05) is 17.4 Å². The summed E-state index contributed by atoms with van der Waals surface area (Å²) in [6.07, 6.45) is 3.55. The molecule has 4 aromatic rings. The molecule has 2 aromatic heterocycles. The van der Waals surface area contributed by atoms with Crippen LogP contribution in [-0.2, 0) is 17.9 Å². The van der Waals surface area contributed by atoms with Crippen LogP contribution in [0.4, 0.5) is 10.8 Å². The Bertz CT molecular complexity index is 1430. The number of ether oxygens (including phenoxy) is 3. The molecule has 1 saturated heterocycles. The summed E-state index contributed by atoms with van der Waals surface area (Å²) in [7, 11) is 3.21. The molecule has 1 fully saturated rings. The molecule has 0 aliphatic carbocycles. The molecule has 0 spiro atoms. The Hall–Kier alpha value is -4.25. The standard InChI is InChI=1S/C30H36N6O4S/c1-4-40-25-10-8-23(9-11-25)31-20-24-6-5-15-36(24)30-34-33-29(41-30)35-16-13-22(14-17-35)28(37)32-19-21-7-12-26(38-2)27(18-21)39-3/h5-12,15,18,22,31H,4,13-14,16-17,19-20H2,1-3H3,(H,32,37). The number of hydrogen-bond donors (Lipinski definition) is 2. The average molecular weight is 577 g/mol. The highest BCUT2D eigenvalue weighted by Crippen LogP contribution is 2.30. The first-order valence-electron chi connectivity index (χ1n) is 13.8. The third kappa shape index (κ3) is 6.91. The molecule has 0 bridgehead atoms. The lowest BCUT2D eigenvalue weighted by atomic mass is 9.96. The molecule has 3 heterocycles. The van der Waals surface area contributed by atoms with Gasteiger partial charge in [0.2, 0.25) is 16.2 Å². The number of nitrogens with zero attached hydrogens (tertiary/aromatic N) is 4. The van der Waals surface area contributed by atoms with Gasteiger partial charge in [-0.05, 0) is 73.9 Å². The van der Waals surface area contributed by atoms with Crippen molar-refractivity contribution in [3.05, 3.63) is 72.1 Å². The molecule has 1 amide bonds. The summed E-state index contributed by atoms with van der Waals surface area (Å²) in [5, 5.41) is 17.2. The monoisotopic (exact) mass is 576 g/mol. The van der Waals surface area contributed by atoms with E-state index < -0.39 is 0 Å². The van der Waals surface area contributed by atoms with Crippen molar-refractivity contribution >= 4 is 28.1 Å². The van der Waals surface area contributed by atoms with E-state index in [9.17, 15) is 4.79 Å². The number of amides is 1. The highest BCUT2D eigenvalue weighted by Gasteiger charge is 2.27. The Morgan fingerprint density at radius 3 is 2.46 bits per heavy atom. The Balaban J connectivity index is 1.12. The molecule has 0 saturated carbocycles. The molecule has 5 rings (SSSR count). The second-order valence-electron chi connectivity index (χ2n) is 9.72. The van der Waals surface area contributed by atoms with Gasteiger partial charge in [-0.2, -0.15) is 0 Å². The smallest absolute Gasteiger partial charge is 0.223 e. The summed E-state index contributed by atoms with van der Waals surface area (Å²) in [6.45, 7) is 5.26. The van der Waals surface area contributed by atoms with Crippen LogP contribution in [0.5, 0.6) is 17.2 Å².